The van der Waals surface area contributed by atoms with Crippen molar-refractivity contribution in [2.75, 3.05) is 10.6 Å². The molecular weight excluding hydrogens is 440 g/mol. The van der Waals surface area contributed by atoms with Crippen molar-refractivity contribution < 1.29 is 9.72 Å². The van der Waals surface area contributed by atoms with Gasteiger partial charge in [0, 0.05) is 35.1 Å². The lowest BCUT2D eigenvalue weighted by molar-refractivity contribution is -0.384. The Bertz CT molecular complexity index is 1070. The van der Waals surface area contributed by atoms with E-state index in [1.54, 1.807) is 13.0 Å². The van der Waals surface area contributed by atoms with Gasteiger partial charge in [0.05, 0.1) is 16.7 Å². The Balaban J connectivity index is 1.61. The van der Waals surface area contributed by atoms with Gasteiger partial charge in [0.1, 0.15) is 0 Å². The van der Waals surface area contributed by atoms with Crippen molar-refractivity contribution >= 4 is 46.3 Å². The lowest BCUT2D eigenvalue weighted by atomic mass is 10.3. The molecule has 0 unspecified atom stereocenters. The third-order valence-corrected chi connectivity index (χ3v) is 5.70. The summed E-state index contributed by atoms with van der Waals surface area (Å²) in [7, 11) is 0. The molecule has 0 saturated heterocycles. The van der Waals surface area contributed by atoms with Crippen LogP contribution in [-0.2, 0) is 17.9 Å². The maximum absolute atomic E-state index is 12.5. The number of non-ortho nitro benzene ring substituents is 1. The molecule has 0 aliphatic carbocycles. The number of nitro benzene ring substituents is 1. The molecular formula is C20H21ClN6O3S. The van der Waals surface area contributed by atoms with Crippen molar-refractivity contribution in [3.8, 4) is 0 Å². The minimum absolute atomic E-state index is 0.0321. The molecule has 11 heteroatoms. The number of anilines is 2. The summed E-state index contributed by atoms with van der Waals surface area (Å²) in [5.74, 6) is 0.510. The van der Waals surface area contributed by atoms with E-state index in [1.165, 1.54) is 36.0 Å². The van der Waals surface area contributed by atoms with Gasteiger partial charge >= 0.3 is 0 Å². The first-order valence-electron chi connectivity index (χ1n) is 9.51. The van der Waals surface area contributed by atoms with E-state index in [4.69, 9.17) is 11.6 Å². The zero-order valence-corrected chi connectivity index (χ0v) is 18.5. The van der Waals surface area contributed by atoms with Gasteiger partial charge in [-0.3, -0.25) is 14.9 Å². The van der Waals surface area contributed by atoms with Gasteiger partial charge in [-0.05, 0) is 44.2 Å². The first-order valence-corrected chi connectivity index (χ1v) is 10.8. The number of nitrogens with one attached hydrogen (secondary N) is 2. The quantitative estimate of drug-likeness (QED) is 0.272. The van der Waals surface area contributed by atoms with Crippen LogP contribution in [0.2, 0.25) is 5.02 Å². The van der Waals surface area contributed by atoms with Crippen molar-refractivity contribution in [2.45, 2.75) is 37.3 Å². The lowest BCUT2D eigenvalue weighted by Crippen LogP contribution is -2.23. The SMILES string of the molecule is CCn1c(CNc2cccc(Cl)c2)nnc1S[C@H](C)C(=O)Nc1ccc([N+](=O)[O-])cc1. The Morgan fingerprint density at radius 3 is 2.61 bits per heavy atom. The van der Waals surface area contributed by atoms with Crippen LogP contribution < -0.4 is 10.6 Å². The molecule has 0 aliphatic heterocycles. The normalized spacial score (nSPS) is 11.7. The molecule has 31 heavy (non-hydrogen) atoms. The molecule has 0 aliphatic rings. The number of thioether (sulfide) groups is 1. The maximum Gasteiger partial charge on any atom is 0.269 e. The molecule has 0 saturated carbocycles. The molecule has 1 aromatic heterocycles. The Hall–Kier alpha value is -3.11. The van der Waals surface area contributed by atoms with E-state index in [-0.39, 0.29) is 11.6 Å². The number of rotatable bonds is 9. The standard InChI is InChI=1S/C20H21ClN6O3S/c1-3-26-18(12-22-16-6-4-5-14(21)11-16)24-25-20(26)31-13(2)19(28)23-15-7-9-17(10-8-15)27(29)30/h4-11,13,22H,3,12H2,1-2H3,(H,23,28)/t13-/m1/s1. The molecule has 0 spiro atoms. The number of nitrogens with zero attached hydrogens (tertiary/aromatic N) is 4. The fourth-order valence-electron chi connectivity index (χ4n) is 2.76. The van der Waals surface area contributed by atoms with Crippen LogP contribution in [0.4, 0.5) is 17.1 Å². The predicted octanol–water partition coefficient (Wildman–Crippen LogP) is 4.59. The summed E-state index contributed by atoms with van der Waals surface area (Å²) >= 11 is 7.31. The second-order valence-corrected chi connectivity index (χ2v) is 8.30. The molecule has 9 nitrogen and oxygen atoms in total. The Morgan fingerprint density at radius 1 is 1.23 bits per heavy atom. The summed E-state index contributed by atoms with van der Waals surface area (Å²) in [5, 5.41) is 26.1. The Labute approximate surface area is 188 Å². The van der Waals surface area contributed by atoms with E-state index < -0.39 is 10.2 Å². The fourth-order valence-corrected chi connectivity index (χ4v) is 3.88. The molecule has 2 N–H and O–H groups in total. The summed E-state index contributed by atoms with van der Waals surface area (Å²) in [4.78, 5) is 22.8. The third-order valence-electron chi connectivity index (χ3n) is 4.38. The van der Waals surface area contributed by atoms with Crippen LogP contribution in [0.3, 0.4) is 0 Å². The average molecular weight is 461 g/mol. The van der Waals surface area contributed by atoms with Gasteiger partial charge < -0.3 is 15.2 Å². The smallest absolute Gasteiger partial charge is 0.269 e. The van der Waals surface area contributed by atoms with Crippen LogP contribution in [0.5, 0.6) is 0 Å². The largest absolute Gasteiger partial charge is 0.378 e. The zero-order valence-electron chi connectivity index (χ0n) is 16.9. The number of halogens is 1. The molecule has 0 fully saturated rings. The summed E-state index contributed by atoms with van der Waals surface area (Å²) < 4.78 is 1.94. The van der Waals surface area contributed by atoms with E-state index in [2.05, 4.69) is 20.8 Å². The van der Waals surface area contributed by atoms with Gasteiger partial charge in [0.15, 0.2) is 11.0 Å². The second kappa shape index (κ2) is 10.3. The van der Waals surface area contributed by atoms with Crippen LogP contribution in [0.15, 0.2) is 53.7 Å². The molecule has 2 aromatic carbocycles. The van der Waals surface area contributed by atoms with Gasteiger partial charge in [0.2, 0.25) is 5.91 Å². The first kappa shape index (κ1) is 22.6. The molecule has 0 radical (unpaired) electrons. The van der Waals surface area contributed by atoms with Crippen molar-refractivity contribution in [3.63, 3.8) is 0 Å². The van der Waals surface area contributed by atoms with E-state index in [0.717, 1.165) is 11.5 Å². The monoisotopic (exact) mass is 460 g/mol. The van der Waals surface area contributed by atoms with Crippen LogP contribution in [0.25, 0.3) is 0 Å². The molecule has 1 heterocycles. The number of carbonyl (C=O) groups excluding carboxylic acids is 1. The topological polar surface area (TPSA) is 115 Å². The molecule has 162 valence electrons. The number of hydrogen-bond donors (Lipinski definition) is 2. The lowest BCUT2D eigenvalue weighted by Gasteiger charge is -2.13. The first-order chi connectivity index (χ1) is 14.9. The molecule has 3 rings (SSSR count). The summed E-state index contributed by atoms with van der Waals surface area (Å²) in [6.45, 7) is 4.87. The highest BCUT2D eigenvalue weighted by Gasteiger charge is 2.20. The Morgan fingerprint density at radius 2 is 1.97 bits per heavy atom. The molecule has 1 amide bonds. The van der Waals surface area contributed by atoms with E-state index in [1.807, 2.05) is 29.7 Å². The summed E-state index contributed by atoms with van der Waals surface area (Å²) in [5.41, 5.74) is 1.34. The maximum atomic E-state index is 12.5. The highest BCUT2D eigenvalue weighted by molar-refractivity contribution is 8.00. The van der Waals surface area contributed by atoms with Gasteiger partial charge in [-0.1, -0.05) is 29.4 Å². The van der Waals surface area contributed by atoms with Crippen molar-refractivity contribution in [1.29, 1.82) is 0 Å². The number of hydrogen-bond acceptors (Lipinski definition) is 7. The number of benzene rings is 2. The van der Waals surface area contributed by atoms with Gasteiger partial charge in [0.25, 0.3) is 5.69 Å². The molecule has 3 aromatic rings. The van der Waals surface area contributed by atoms with Crippen LogP contribution >= 0.6 is 23.4 Å². The average Bonchev–Trinajstić information content (AvgIpc) is 3.14. The fraction of sp³-hybridized carbons (Fsp3) is 0.250. The van der Waals surface area contributed by atoms with E-state index in [0.29, 0.717) is 29.0 Å². The van der Waals surface area contributed by atoms with Gasteiger partial charge in [-0.25, -0.2) is 0 Å². The van der Waals surface area contributed by atoms with Crippen LogP contribution in [0.1, 0.15) is 19.7 Å². The second-order valence-electron chi connectivity index (χ2n) is 6.56. The van der Waals surface area contributed by atoms with E-state index >= 15 is 0 Å². The van der Waals surface area contributed by atoms with Gasteiger partial charge in [-0.2, -0.15) is 0 Å². The van der Waals surface area contributed by atoms with Gasteiger partial charge in [-0.15, -0.1) is 10.2 Å². The van der Waals surface area contributed by atoms with Crippen LogP contribution in [-0.4, -0.2) is 30.8 Å². The summed E-state index contributed by atoms with van der Waals surface area (Å²) in [6.07, 6.45) is 0. The minimum Gasteiger partial charge on any atom is -0.378 e. The minimum atomic E-state index is -0.486. The van der Waals surface area contributed by atoms with Crippen molar-refractivity contribution in [3.05, 3.63) is 69.5 Å². The number of amides is 1. The highest BCUT2D eigenvalue weighted by atomic mass is 35.5. The third kappa shape index (κ3) is 5.96. The molecule has 1 atom stereocenters. The number of nitro groups is 1. The van der Waals surface area contributed by atoms with Crippen molar-refractivity contribution in [1.82, 2.24) is 14.8 Å². The zero-order chi connectivity index (χ0) is 22.4. The van der Waals surface area contributed by atoms with E-state index in [9.17, 15) is 14.9 Å². The van der Waals surface area contributed by atoms with Crippen molar-refractivity contribution in [2.24, 2.45) is 0 Å². The summed E-state index contributed by atoms with van der Waals surface area (Å²) in [6, 6.07) is 13.1. The number of aromatic nitrogens is 3. The molecule has 0 bridgehead atoms. The van der Waals surface area contributed by atoms with Crippen LogP contribution in [0, 0.1) is 10.1 Å². The Kier molecular flexibility index (Phi) is 7.48. The predicted molar refractivity (Wildman–Crippen MR) is 122 cm³/mol. The number of carbonyl (C=O) groups is 1. The highest BCUT2D eigenvalue weighted by Crippen LogP contribution is 2.24.